The first-order valence-corrected chi connectivity index (χ1v) is 10.1. The number of aromatic nitrogens is 1. The van der Waals surface area contributed by atoms with E-state index in [-0.39, 0.29) is 12.2 Å². The van der Waals surface area contributed by atoms with Crippen LogP contribution in [0, 0.1) is 0 Å². The summed E-state index contributed by atoms with van der Waals surface area (Å²) in [6.07, 6.45) is 7.58. The molecular weight excluding hydrogens is 354 g/mol. The zero-order valence-electron chi connectivity index (χ0n) is 16.1. The quantitative estimate of drug-likeness (QED) is 0.716. The number of carbonyl (C=O) groups is 1. The van der Waals surface area contributed by atoms with E-state index in [2.05, 4.69) is 51.2 Å². The number of ether oxygens (including phenoxy) is 2. The summed E-state index contributed by atoms with van der Waals surface area (Å²) in [5.74, 6) is 0.916. The van der Waals surface area contributed by atoms with Gasteiger partial charge < -0.3 is 19.3 Å². The average Bonchev–Trinajstić information content (AvgIpc) is 2.77. The van der Waals surface area contributed by atoms with Crippen molar-refractivity contribution in [3.05, 3.63) is 48.8 Å². The fourth-order valence-corrected chi connectivity index (χ4v) is 4.07. The Balaban J connectivity index is 1.27. The van der Waals surface area contributed by atoms with Gasteiger partial charge in [-0.25, -0.2) is 0 Å². The third-order valence-electron chi connectivity index (χ3n) is 5.68. The van der Waals surface area contributed by atoms with Crippen LogP contribution in [-0.4, -0.2) is 49.8 Å². The Morgan fingerprint density at radius 2 is 1.32 bits per heavy atom. The van der Waals surface area contributed by atoms with Crippen LogP contribution in [0.15, 0.2) is 48.8 Å². The van der Waals surface area contributed by atoms with Crippen LogP contribution in [0.25, 0.3) is 0 Å². The number of hydrogen-bond donors (Lipinski definition) is 0. The van der Waals surface area contributed by atoms with Gasteiger partial charge in [-0.1, -0.05) is 0 Å². The lowest BCUT2D eigenvalue weighted by Crippen LogP contribution is -2.46. The van der Waals surface area contributed by atoms with Crippen molar-refractivity contribution in [3.8, 4) is 5.75 Å². The molecule has 0 radical (unpaired) electrons. The molecule has 2 aliphatic rings. The Hall–Kier alpha value is -2.76. The summed E-state index contributed by atoms with van der Waals surface area (Å²) in [6.45, 7) is 4.58. The first kappa shape index (κ1) is 18.6. The van der Waals surface area contributed by atoms with Gasteiger partial charge in [-0.05, 0) is 62.1 Å². The van der Waals surface area contributed by atoms with Crippen molar-refractivity contribution in [2.45, 2.75) is 37.9 Å². The molecule has 6 nitrogen and oxygen atoms in total. The number of nitrogens with zero attached hydrogens (tertiary/aromatic N) is 3. The largest absolute Gasteiger partial charge is 0.490 e. The van der Waals surface area contributed by atoms with E-state index in [1.807, 2.05) is 12.4 Å². The Kier molecular flexibility index (Phi) is 5.95. The number of pyridine rings is 1. The van der Waals surface area contributed by atoms with Crippen LogP contribution in [0.5, 0.6) is 5.75 Å². The van der Waals surface area contributed by atoms with E-state index in [0.717, 1.165) is 57.6 Å². The predicted octanol–water partition coefficient (Wildman–Crippen LogP) is 3.27. The zero-order valence-corrected chi connectivity index (χ0v) is 16.1. The van der Waals surface area contributed by atoms with Crippen LogP contribution in [0.1, 0.15) is 25.7 Å². The lowest BCUT2D eigenvalue weighted by Gasteiger charge is -2.37. The molecule has 1 saturated heterocycles. The van der Waals surface area contributed by atoms with E-state index >= 15 is 0 Å². The molecule has 2 fully saturated rings. The minimum atomic E-state index is 0.0607. The van der Waals surface area contributed by atoms with E-state index in [4.69, 9.17) is 9.47 Å². The molecule has 0 unspecified atom stereocenters. The molecule has 4 rings (SSSR count). The normalized spacial score (nSPS) is 22.6. The van der Waals surface area contributed by atoms with E-state index in [1.165, 1.54) is 11.4 Å². The van der Waals surface area contributed by atoms with Crippen molar-refractivity contribution in [2.75, 3.05) is 36.0 Å². The van der Waals surface area contributed by atoms with E-state index in [1.54, 1.807) is 0 Å². The summed E-state index contributed by atoms with van der Waals surface area (Å²) in [7, 11) is 0. The molecule has 0 N–H and O–H groups in total. The summed E-state index contributed by atoms with van der Waals surface area (Å²) >= 11 is 0. The summed E-state index contributed by atoms with van der Waals surface area (Å²) in [5, 5.41) is 0. The first-order valence-electron chi connectivity index (χ1n) is 10.1. The second kappa shape index (κ2) is 8.95. The molecule has 1 saturated carbocycles. The van der Waals surface area contributed by atoms with Crippen LogP contribution < -0.4 is 14.5 Å². The topological polar surface area (TPSA) is 54.9 Å². The van der Waals surface area contributed by atoms with E-state index in [0.29, 0.717) is 6.47 Å². The molecule has 6 heteroatoms. The number of anilines is 2. The van der Waals surface area contributed by atoms with Gasteiger partial charge in [0.15, 0.2) is 0 Å². The number of carbonyl (C=O) groups excluding carboxylic acids is 1. The van der Waals surface area contributed by atoms with Gasteiger partial charge in [0.2, 0.25) is 0 Å². The Labute approximate surface area is 166 Å². The van der Waals surface area contributed by atoms with Gasteiger partial charge in [0.1, 0.15) is 11.9 Å². The molecule has 28 heavy (non-hydrogen) atoms. The number of piperazine rings is 1. The van der Waals surface area contributed by atoms with Gasteiger partial charge in [-0.3, -0.25) is 9.78 Å². The zero-order chi connectivity index (χ0) is 19.2. The van der Waals surface area contributed by atoms with Crippen molar-refractivity contribution in [3.63, 3.8) is 0 Å². The molecule has 1 aliphatic heterocycles. The highest BCUT2D eigenvalue weighted by Crippen LogP contribution is 2.27. The van der Waals surface area contributed by atoms with Gasteiger partial charge in [0.25, 0.3) is 6.47 Å². The van der Waals surface area contributed by atoms with Crippen molar-refractivity contribution < 1.29 is 14.3 Å². The highest BCUT2D eigenvalue weighted by Gasteiger charge is 2.23. The number of benzene rings is 1. The van der Waals surface area contributed by atoms with Crippen LogP contribution in [0.2, 0.25) is 0 Å². The molecular formula is C22H27N3O3. The monoisotopic (exact) mass is 381 g/mol. The Bertz CT molecular complexity index is 737. The predicted molar refractivity (Wildman–Crippen MR) is 109 cm³/mol. The van der Waals surface area contributed by atoms with Gasteiger partial charge >= 0.3 is 0 Å². The molecule has 0 atom stereocenters. The fourth-order valence-electron chi connectivity index (χ4n) is 4.07. The molecule has 1 aromatic carbocycles. The average molecular weight is 381 g/mol. The molecule has 1 aromatic heterocycles. The SMILES string of the molecule is O=COC1CCC(Oc2ccc(N3CCN(c4ccncc4)CC3)cc2)CC1. The molecule has 0 spiro atoms. The summed E-state index contributed by atoms with van der Waals surface area (Å²) < 4.78 is 11.2. The smallest absolute Gasteiger partial charge is 0.293 e. The second-order valence-corrected chi connectivity index (χ2v) is 7.42. The number of rotatable bonds is 6. The minimum Gasteiger partial charge on any atom is -0.490 e. The maximum absolute atomic E-state index is 10.4. The lowest BCUT2D eigenvalue weighted by molar-refractivity contribution is -0.135. The Morgan fingerprint density at radius 3 is 1.89 bits per heavy atom. The standard InChI is InChI=1S/C22H27N3O3/c26-17-27-20-5-7-22(8-6-20)28-21-3-1-18(2-4-21)24-13-15-25(16-14-24)19-9-11-23-12-10-19/h1-4,9-12,17,20,22H,5-8,13-16H2. The van der Waals surface area contributed by atoms with Crippen LogP contribution in [0.4, 0.5) is 11.4 Å². The maximum Gasteiger partial charge on any atom is 0.293 e. The second-order valence-electron chi connectivity index (χ2n) is 7.42. The minimum absolute atomic E-state index is 0.0607. The number of hydrogen-bond acceptors (Lipinski definition) is 6. The van der Waals surface area contributed by atoms with Gasteiger partial charge in [0, 0.05) is 49.9 Å². The van der Waals surface area contributed by atoms with Crippen molar-refractivity contribution in [2.24, 2.45) is 0 Å². The van der Waals surface area contributed by atoms with Crippen LogP contribution >= 0.6 is 0 Å². The third kappa shape index (κ3) is 4.55. The highest BCUT2D eigenvalue weighted by molar-refractivity contribution is 5.52. The molecule has 2 heterocycles. The van der Waals surface area contributed by atoms with Crippen molar-refractivity contribution in [1.29, 1.82) is 0 Å². The highest BCUT2D eigenvalue weighted by atomic mass is 16.5. The van der Waals surface area contributed by atoms with E-state index in [9.17, 15) is 4.79 Å². The third-order valence-corrected chi connectivity index (χ3v) is 5.68. The van der Waals surface area contributed by atoms with Gasteiger partial charge in [-0.15, -0.1) is 0 Å². The molecule has 0 amide bonds. The van der Waals surface area contributed by atoms with Crippen molar-refractivity contribution in [1.82, 2.24) is 4.98 Å². The fraction of sp³-hybridized carbons (Fsp3) is 0.455. The lowest BCUT2D eigenvalue weighted by atomic mass is 9.95. The maximum atomic E-state index is 10.4. The molecule has 1 aliphatic carbocycles. The first-order chi connectivity index (χ1) is 13.8. The summed E-state index contributed by atoms with van der Waals surface area (Å²) in [6, 6.07) is 12.6. The van der Waals surface area contributed by atoms with Gasteiger partial charge in [0.05, 0.1) is 6.10 Å². The molecule has 2 aromatic rings. The summed E-state index contributed by atoms with van der Waals surface area (Å²) in [4.78, 5) is 19.4. The molecule has 148 valence electrons. The van der Waals surface area contributed by atoms with E-state index < -0.39 is 0 Å². The van der Waals surface area contributed by atoms with Gasteiger partial charge in [-0.2, -0.15) is 0 Å². The van der Waals surface area contributed by atoms with Crippen LogP contribution in [0.3, 0.4) is 0 Å². The van der Waals surface area contributed by atoms with Crippen molar-refractivity contribution >= 4 is 17.8 Å². The Morgan fingerprint density at radius 1 is 0.786 bits per heavy atom. The summed E-state index contributed by atoms with van der Waals surface area (Å²) in [5.41, 5.74) is 2.48. The van der Waals surface area contributed by atoms with Crippen LogP contribution in [-0.2, 0) is 9.53 Å². The molecule has 0 bridgehead atoms.